The molecule has 0 aliphatic carbocycles. The zero-order chi connectivity index (χ0) is 15.1. The van der Waals surface area contributed by atoms with Crippen LogP contribution in [0.3, 0.4) is 0 Å². The first kappa shape index (κ1) is 13.6. The van der Waals surface area contributed by atoms with Crippen molar-refractivity contribution in [2.75, 3.05) is 0 Å². The van der Waals surface area contributed by atoms with Crippen molar-refractivity contribution in [3.63, 3.8) is 0 Å². The van der Waals surface area contributed by atoms with Crippen LogP contribution in [0.1, 0.15) is 0 Å². The second kappa shape index (κ2) is 4.86. The number of rotatable bonds is 1. The number of aryl methyl sites for hydroxylation is 1. The van der Waals surface area contributed by atoms with Gasteiger partial charge < -0.3 is 0 Å². The van der Waals surface area contributed by atoms with E-state index in [-0.39, 0.29) is 11.2 Å². The summed E-state index contributed by atoms with van der Waals surface area (Å²) in [7, 11) is 3.06. The smallest absolute Gasteiger partial charge is 0.295 e. The Morgan fingerprint density at radius 1 is 0.952 bits per heavy atom. The number of aromatic nitrogens is 3. The summed E-state index contributed by atoms with van der Waals surface area (Å²) in [6.07, 6.45) is 0. The van der Waals surface area contributed by atoms with Crippen LogP contribution in [0.2, 0.25) is 5.02 Å². The van der Waals surface area contributed by atoms with Crippen molar-refractivity contribution in [3.05, 3.63) is 62.3 Å². The van der Waals surface area contributed by atoms with E-state index in [0.717, 1.165) is 10.1 Å². The van der Waals surface area contributed by atoms with Gasteiger partial charge in [0.05, 0.1) is 11.2 Å². The van der Waals surface area contributed by atoms with Crippen molar-refractivity contribution < 1.29 is 0 Å². The molecule has 0 radical (unpaired) electrons. The van der Waals surface area contributed by atoms with Crippen molar-refractivity contribution >= 4 is 22.6 Å². The molecule has 0 aliphatic heterocycles. The summed E-state index contributed by atoms with van der Waals surface area (Å²) in [4.78, 5) is 28.5. The molecule has 0 amide bonds. The minimum absolute atomic E-state index is 0.270. The van der Waals surface area contributed by atoms with Crippen LogP contribution in [-0.2, 0) is 14.1 Å². The van der Waals surface area contributed by atoms with E-state index in [1.165, 1.54) is 11.6 Å². The SMILES string of the molecule is Cn1c(=O)c2nc(-c3ccc(Cl)cc3)ccc2n(C)c1=O. The van der Waals surface area contributed by atoms with Gasteiger partial charge in [-0.25, -0.2) is 9.78 Å². The quantitative estimate of drug-likeness (QED) is 0.690. The number of pyridine rings is 1. The van der Waals surface area contributed by atoms with Gasteiger partial charge in [0.25, 0.3) is 5.56 Å². The first-order valence-electron chi connectivity index (χ1n) is 6.32. The van der Waals surface area contributed by atoms with Crippen LogP contribution in [-0.4, -0.2) is 14.1 Å². The van der Waals surface area contributed by atoms with E-state index in [1.54, 1.807) is 31.3 Å². The summed E-state index contributed by atoms with van der Waals surface area (Å²) in [6, 6.07) is 10.7. The standard InChI is InChI=1S/C15H12ClN3O2/c1-18-12-8-7-11(9-3-5-10(16)6-4-9)17-13(12)14(20)19(2)15(18)21/h3-8H,1-2H3. The van der Waals surface area contributed by atoms with Gasteiger partial charge in [0.15, 0.2) is 5.52 Å². The van der Waals surface area contributed by atoms with E-state index in [1.807, 2.05) is 12.1 Å². The van der Waals surface area contributed by atoms with Crippen LogP contribution in [0, 0.1) is 0 Å². The molecule has 0 saturated heterocycles. The van der Waals surface area contributed by atoms with Crippen LogP contribution < -0.4 is 11.2 Å². The molecule has 106 valence electrons. The molecule has 0 bridgehead atoms. The Balaban J connectivity index is 2.33. The van der Waals surface area contributed by atoms with Crippen molar-refractivity contribution in [2.24, 2.45) is 14.1 Å². The van der Waals surface area contributed by atoms with Gasteiger partial charge in [-0.15, -0.1) is 0 Å². The molecule has 0 aliphatic rings. The number of halogens is 1. The van der Waals surface area contributed by atoms with Gasteiger partial charge >= 0.3 is 5.69 Å². The molecule has 3 aromatic rings. The lowest BCUT2D eigenvalue weighted by atomic mass is 10.1. The molecule has 0 atom stereocenters. The van der Waals surface area contributed by atoms with Gasteiger partial charge in [-0.2, -0.15) is 0 Å². The van der Waals surface area contributed by atoms with Crippen molar-refractivity contribution in [1.29, 1.82) is 0 Å². The van der Waals surface area contributed by atoms with Crippen LogP contribution in [0.25, 0.3) is 22.3 Å². The molecule has 5 nitrogen and oxygen atoms in total. The summed E-state index contributed by atoms with van der Waals surface area (Å²) in [5.41, 5.74) is 1.54. The molecule has 2 heterocycles. The fraction of sp³-hybridized carbons (Fsp3) is 0.133. The fourth-order valence-corrected chi connectivity index (χ4v) is 2.36. The van der Waals surface area contributed by atoms with Crippen molar-refractivity contribution in [3.8, 4) is 11.3 Å². The van der Waals surface area contributed by atoms with Crippen LogP contribution in [0.5, 0.6) is 0 Å². The average Bonchev–Trinajstić information content (AvgIpc) is 2.51. The molecule has 0 N–H and O–H groups in total. The molecule has 0 saturated carbocycles. The minimum Gasteiger partial charge on any atom is -0.295 e. The Bertz CT molecular complexity index is 956. The molecular weight excluding hydrogens is 290 g/mol. The van der Waals surface area contributed by atoms with Gasteiger partial charge in [-0.05, 0) is 24.3 Å². The molecule has 0 fully saturated rings. The fourth-order valence-electron chi connectivity index (χ4n) is 2.24. The maximum Gasteiger partial charge on any atom is 0.331 e. The molecular formula is C15H12ClN3O2. The Morgan fingerprint density at radius 3 is 2.29 bits per heavy atom. The van der Waals surface area contributed by atoms with E-state index in [2.05, 4.69) is 4.98 Å². The zero-order valence-electron chi connectivity index (χ0n) is 11.5. The minimum atomic E-state index is -0.399. The van der Waals surface area contributed by atoms with Crippen molar-refractivity contribution in [2.45, 2.75) is 0 Å². The molecule has 1 aromatic carbocycles. The lowest BCUT2D eigenvalue weighted by Gasteiger charge is -2.08. The Kier molecular flexibility index (Phi) is 3.14. The highest BCUT2D eigenvalue weighted by Crippen LogP contribution is 2.21. The first-order chi connectivity index (χ1) is 9.99. The van der Waals surface area contributed by atoms with E-state index < -0.39 is 5.56 Å². The van der Waals surface area contributed by atoms with E-state index in [4.69, 9.17) is 11.6 Å². The highest BCUT2D eigenvalue weighted by atomic mass is 35.5. The predicted octanol–water partition coefficient (Wildman–Crippen LogP) is 1.95. The van der Waals surface area contributed by atoms with Gasteiger partial charge in [-0.3, -0.25) is 13.9 Å². The second-order valence-electron chi connectivity index (χ2n) is 4.78. The van der Waals surface area contributed by atoms with Crippen LogP contribution in [0.4, 0.5) is 0 Å². The number of nitrogens with zero attached hydrogens (tertiary/aromatic N) is 3. The lowest BCUT2D eigenvalue weighted by molar-refractivity contribution is 0.711. The predicted molar refractivity (Wildman–Crippen MR) is 82.7 cm³/mol. The molecule has 21 heavy (non-hydrogen) atoms. The third-order valence-corrected chi connectivity index (χ3v) is 3.71. The third-order valence-electron chi connectivity index (χ3n) is 3.46. The van der Waals surface area contributed by atoms with Gasteiger partial charge in [0.2, 0.25) is 0 Å². The molecule has 2 aromatic heterocycles. The summed E-state index contributed by atoms with van der Waals surface area (Å²) in [5.74, 6) is 0. The zero-order valence-corrected chi connectivity index (χ0v) is 12.3. The average molecular weight is 302 g/mol. The summed E-state index contributed by atoms with van der Waals surface area (Å²) in [6.45, 7) is 0. The van der Waals surface area contributed by atoms with Crippen LogP contribution in [0.15, 0.2) is 46.0 Å². The molecule has 3 rings (SSSR count). The molecule has 6 heteroatoms. The van der Waals surface area contributed by atoms with Gasteiger partial charge in [-0.1, -0.05) is 23.7 Å². The number of benzene rings is 1. The number of hydrogen-bond donors (Lipinski definition) is 0. The Labute approximate surface area is 125 Å². The highest BCUT2D eigenvalue weighted by Gasteiger charge is 2.11. The number of fused-ring (bicyclic) bond motifs is 1. The lowest BCUT2D eigenvalue weighted by Crippen LogP contribution is -2.37. The van der Waals surface area contributed by atoms with Gasteiger partial charge in [0.1, 0.15) is 0 Å². The van der Waals surface area contributed by atoms with Crippen molar-refractivity contribution in [1.82, 2.24) is 14.1 Å². The first-order valence-corrected chi connectivity index (χ1v) is 6.69. The second-order valence-corrected chi connectivity index (χ2v) is 5.21. The number of hydrogen-bond acceptors (Lipinski definition) is 3. The maximum atomic E-state index is 12.2. The largest absolute Gasteiger partial charge is 0.331 e. The highest BCUT2D eigenvalue weighted by molar-refractivity contribution is 6.30. The Hall–Kier alpha value is -2.40. The molecule has 0 spiro atoms. The van der Waals surface area contributed by atoms with Gasteiger partial charge in [0, 0.05) is 24.7 Å². The monoisotopic (exact) mass is 301 g/mol. The normalized spacial score (nSPS) is 11.0. The third kappa shape index (κ3) is 2.15. The summed E-state index contributed by atoms with van der Waals surface area (Å²) < 4.78 is 2.47. The van der Waals surface area contributed by atoms with E-state index in [9.17, 15) is 9.59 Å². The van der Waals surface area contributed by atoms with E-state index in [0.29, 0.717) is 16.2 Å². The Morgan fingerprint density at radius 2 is 1.62 bits per heavy atom. The molecule has 0 unspecified atom stereocenters. The summed E-state index contributed by atoms with van der Waals surface area (Å²) in [5, 5.41) is 0.637. The maximum absolute atomic E-state index is 12.2. The van der Waals surface area contributed by atoms with Crippen LogP contribution >= 0.6 is 11.6 Å². The van der Waals surface area contributed by atoms with E-state index >= 15 is 0 Å². The summed E-state index contributed by atoms with van der Waals surface area (Å²) >= 11 is 5.87. The topological polar surface area (TPSA) is 56.9 Å².